The molecule has 0 amide bonds. The van der Waals surface area contributed by atoms with Crippen LogP contribution >= 0.6 is 7.94 Å². The van der Waals surface area contributed by atoms with Crippen molar-refractivity contribution in [1.82, 2.24) is 0 Å². The van der Waals surface area contributed by atoms with Gasteiger partial charge in [0.25, 0.3) is 0 Å². The first kappa shape index (κ1) is 23.0. The van der Waals surface area contributed by atoms with Crippen LogP contribution in [0, 0.1) is 0 Å². The van der Waals surface area contributed by atoms with Gasteiger partial charge >= 0.3 is 7.94 Å². The number of rotatable bonds is 2. The fourth-order valence-corrected chi connectivity index (χ4v) is 0.520. The zero-order valence-corrected chi connectivity index (χ0v) is 8.14. The van der Waals surface area contributed by atoms with Crippen molar-refractivity contribution in [3.63, 3.8) is 0 Å². The minimum absolute atomic E-state index is 0.118. The summed E-state index contributed by atoms with van der Waals surface area (Å²) in [7, 11) is -3.53. The molecular weight excluding hydrogens is 199 g/mol. The Balaban J connectivity index is -0.0000000573. The Morgan fingerprint density at radius 1 is 0.923 bits per heavy atom. The highest BCUT2D eigenvalue weighted by atomic mass is 31.2. The molecule has 0 rings (SSSR count). The predicted octanol–water partition coefficient (Wildman–Crippen LogP) is -3.63. The van der Waals surface area contributed by atoms with Crippen LogP contribution in [0.5, 0.6) is 0 Å². The van der Waals surface area contributed by atoms with E-state index in [4.69, 9.17) is 14.7 Å². The van der Waals surface area contributed by atoms with E-state index >= 15 is 0 Å². The van der Waals surface area contributed by atoms with Gasteiger partial charge in [-0.3, -0.25) is 35.1 Å². The summed E-state index contributed by atoms with van der Waals surface area (Å²) in [5.41, 5.74) is 0. The van der Waals surface area contributed by atoms with Gasteiger partial charge < -0.3 is 0 Å². The van der Waals surface area contributed by atoms with E-state index in [1.807, 2.05) is 0 Å². The lowest BCUT2D eigenvalue weighted by molar-refractivity contribution is 0.335. The van der Waals surface area contributed by atoms with Crippen LogP contribution in [0.3, 0.4) is 0 Å². The Bertz CT molecular complexity index is 78.0. The van der Waals surface area contributed by atoms with Crippen LogP contribution in [0.2, 0.25) is 0 Å². The van der Waals surface area contributed by atoms with Crippen LogP contribution in [0.4, 0.5) is 0 Å². The Kier molecular flexibility index (Phi) is 40.1. The second-order valence-electron chi connectivity index (χ2n) is 1.16. The van der Waals surface area contributed by atoms with Gasteiger partial charge in [0.05, 0.1) is 0 Å². The molecule has 0 spiro atoms. The second kappa shape index (κ2) is 22.6. The van der Waals surface area contributed by atoms with Crippen molar-refractivity contribution >= 4 is 7.94 Å². The molecule has 0 aliphatic carbocycles. The van der Waals surface area contributed by atoms with Gasteiger partial charge in [0.15, 0.2) is 6.16 Å². The second-order valence-corrected chi connectivity index (χ2v) is 2.91. The summed E-state index contributed by atoms with van der Waals surface area (Å²) in [6, 6.07) is 0. The van der Waals surface area contributed by atoms with Crippen LogP contribution in [-0.2, 0) is 0 Å². The van der Waals surface area contributed by atoms with Gasteiger partial charge in [-0.25, -0.2) is 0 Å². The highest BCUT2D eigenvalue weighted by Crippen LogP contribution is 2.43. The van der Waals surface area contributed by atoms with Crippen LogP contribution in [-0.4, -0.2) is 20.8 Å². The predicted molar refractivity (Wildman–Crippen MR) is 53.8 cm³/mol. The summed E-state index contributed by atoms with van der Waals surface area (Å²) >= 11 is 0. The van der Waals surface area contributed by atoms with Crippen molar-refractivity contribution in [1.29, 1.82) is 0 Å². The number of hydrogen-bond acceptors (Lipinski definition) is 9. The highest BCUT2D eigenvalue weighted by molar-refractivity contribution is 7.58. The molecule has 0 aromatic rings. The molecule has 10 heteroatoms. The normalized spacial score (nSPS) is 7.46. The van der Waals surface area contributed by atoms with Crippen LogP contribution < -0.4 is 35.1 Å². The summed E-state index contributed by atoms with van der Waals surface area (Å²) in [4.78, 5) is 24.5. The lowest BCUT2D eigenvalue weighted by Crippen LogP contribution is -2.02. The number of hydrazine groups is 3. The summed E-state index contributed by atoms with van der Waals surface area (Å²) < 4.78 is 0. The number of allylic oxidation sites excluding steroid dienone is 1. The average Bonchev–Trinajstić information content (AvgIpc) is 2.13. The molecule has 9 nitrogen and oxygen atoms in total. The Morgan fingerprint density at radius 2 is 1.15 bits per heavy atom. The Hall–Kier alpha value is -0.190. The molecule has 84 valence electrons. The van der Waals surface area contributed by atoms with Crippen LogP contribution in [0.25, 0.3) is 0 Å². The summed E-state index contributed by atoms with van der Waals surface area (Å²) in [6.45, 7) is 3.19. The molecule has 0 aromatic carbocycles. The Morgan fingerprint density at radius 3 is 1.15 bits per heavy atom. The molecule has 15 N–H and O–H groups in total. The van der Waals surface area contributed by atoms with E-state index in [0.29, 0.717) is 0 Å². The first-order valence-electron chi connectivity index (χ1n) is 2.73. The highest BCUT2D eigenvalue weighted by Gasteiger charge is 2.26. The fourth-order valence-electron chi connectivity index (χ4n) is 0.173. The van der Waals surface area contributed by atoms with Gasteiger partial charge in [-0.1, -0.05) is 6.58 Å². The molecule has 0 unspecified atom stereocenters. The molecule has 0 aliphatic heterocycles. The average molecular weight is 219 g/mol. The van der Waals surface area contributed by atoms with E-state index in [1.165, 1.54) is 6.08 Å². The molecule has 13 heavy (non-hydrogen) atoms. The van der Waals surface area contributed by atoms with E-state index in [1.54, 1.807) is 0 Å². The maximum absolute atomic E-state index is 8.17. The maximum atomic E-state index is 8.17. The first-order chi connectivity index (χ1) is 6.06. The molecule has 0 aromatic heterocycles. The third-order valence-corrected chi connectivity index (χ3v) is 1.12. The van der Waals surface area contributed by atoms with Gasteiger partial charge in [0.1, 0.15) is 0 Å². The van der Waals surface area contributed by atoms with E-state index < -0.39 is 7.94 Å². The number of nitrogens with two attached hydrogens (primary N) is 6. The van der Waals surface area contributed by atoms with E-state index in [0.717, 1.165) is 0 Å². The van der Waals surface area contributed by atoms with E-state index in [9.17, 15) is 0 Å². The van der Waals surface area contributed by atoms with Gasteiger partial charge in [-0.05, 0) is 6.08 Å². The van der Waals surface area contributed by atoms with Gasteiger partial charge in [-0.2, -0.15) is 14.7 Å². The SMILES string of the molecule is C=CC[P+](O)(O)O.NN.NN.NN. The standard InChI is InChI=1S/C3H8O3P.3H4N2/c1-2-3-7(4,5)6;3*1-2/h2,4-6H,1,3H2;3*1-2H2/q+1;;;. The monoisotopic (exact) mass is 219 g/mol. The molecule has 0 aliphatic rings. The third-order valence-electron chi connectivity index (χ3n) is 0.374. The van der Waals surface area contributed by atoms with E-state index in [-0.39, 0.29) is 6.16 Å². The van der Waals surface area contributed by atoms with Gasteiger partial charge in [-0.15, -0.1) is 0 Å². The summed E-state index contributed by atoms with van der Waals surface area (Å²) in [5, 5.41) is 0. The number of hydrogen-bond donors (Lipinski definition) is 9. The van der Waals surface area contributed by atoms with Crippen molar-refractivity contribution in [2.75, 3.05) is 6.16 Å². The minimum atomic E-state index is -3.53. The topological polar surface area (TPSA) is 217 Å². The van der Waals surface area contributed by atoms with Crippen molar-refractivity contribution in [2.45, 2.75) is 0 Å². The molecule has 0 bridgehead atoms. The molecule has 0 heterocycles. The molecule has 0 atom stereocenters. The minimum Gasteiger partial charge on any atom is -0.274 e. The molecular formula is C3H20N6O3P+. The third kappa shape index (κ3) is 78.3. The largest absolute Gasteiger partial charge is 0.407 e. The van der Waals surface area contributed by atoms with Crippen molar-refractivity contribution in [3.05, 3.63) is 12.7 Å². The van der Waals surface area contributed by atoms with Gasteiger partial charge in [0.2, 0.25) is 0 Å². The summed E-state index contributed by atoms with van der Waals surface area (Å²) in [6.07, 6.45) is 1.14. The molecule has 0 radical (unpaired) electrons. The van der Waals surface area contributed by atoms with Crippen LogP contribution in [0.1, 0.15) is 0 Å². The quantitative estimate of drug-likeness (QED) is 0.0966. The van der Waals surface area contributed by atoms with Crippen molar-refractivity contribution < 1.29 is 14.7 Å². The first-order valence-corrected chi connectivity index (χ1v) is 4.57. The zero-order chi connectivity index (χ0) is 11.9. The van der Waals surface area contributed by atoms with Crippen molar-refractivity contribution in [2.24, 2.45) is 35.1 Å². The smallest absolute Gasteiger partial charge is 0.274 e. The molecule has 0 fully saturated rings. The summed E-state index contributed by atoms with van der Waals surface area (Å²) in [5.74, 6) is 24.0. The lowest BCUT2D eigenvalue weighted by Gasteiger charge is -1.96. The zero-order valence-electron chi connectivity index (χ0n) is 7.24. The lowest BCUT2D eigenvalue weighted by atomic mass is 10.8. The molecule has 0 saturated carbocycles. The fraction of sp³-hybridized carbons (Fsp3) is 0.333. The van der Waals surface area contributed by atoms with Crippen molar-refractivity contribution in [3.8, 4) is 0 Å². The Labute approximate surface area is 77.5 Å². The molecule has 0 saturated heterocycles. The van der Waals surface area contributed by atoms with Gasteiger partial charge in [0, 0.05) is 0 Å². The van der Waals surface area contributed by atoms with E-state index in [2.05, 4.69) is 41.6 Å². The maximum Gasteiger partial charge on any atom is 0.407 e. The van der Waals surface area contributed by atoms with Crippen LogP contribution in [0.15, 0.2) is 12.7 Å².